The van der Waals surface area contributed by atoms with Crippen molar-refractivity contribution < 1.29 is 0 Å². The summed E-state index contributed by atoms with van der Waals surface area (Å²) in [7, 11) is 0. The maximum Gasteiger partial charge on any atom is 0.109 e. The van der Waals surface area contributed by atoms with Gasteiger partial charge in [-0.15, -0.1) is 5.10 Å². The van der Waals surface area contributed by atoms with Crippen LogP contribution in [0.4, 0.5) is 11.4 Å². The zero-order valence-corrected chi connectivity index (χ0v) is 27.9. The van der Waals surface area contributed by atoms with E-state index >= 15 is 0 Å². The first-order valence-electron chi connectivity index (χ1n) is 16.2. The van der Waals surface area contributed by atoms with E-state index in [-0.39, 0.29) is 11.6 Å². The van der Waals surface area contributed by atoms with Crippen LogP contribution < -0.4 is 10.6 Å². The molecular formula is C35H42Cl2N8. The maximum atomic E-state index is 10.0. The van der Waals surface area contributed by atoms with Gasteiger partial charge in [-0.05, 0) is 76.3 Å². The van der Waals surface area contributed by atoms with Crippen molar-refractivity contribution in [3.05, 3.63) is 75.7 Å². The number of halogens is 2. The van der Waals surface area contributed by atoms with E-state index in [4.69, 9.17) is 23.2 Å². The summed E-state index contributed by atoms with van der Waals surface area (Å²) in [6.45, 7) is 8.89. The third kappa shape index (κ3) is 7.22. The monoisotopic (exact) mass is 644 g/mol. The summed E-state index contributed by atoms with van der Waals surface area (Å²) in [5.74, 6) is 0. The molecule has 6 rings (SSSR count). The fourth-order valence-corrected chi connectivity index (χ4v) is 7.16. The lowest BCUT2D eigenvalue weighted by molar-refractivity contribution is 0.0866. The van der Waals surface area contributed by atoms with E-state index in [1.807, 2.05) is 41.1 Å². The van der Waals surface area contributed by atoms with Crippen molar-refractivity contribution in [3.8, 4) is 6.07 Å². The summed E-state index contributed by atoms with van der Waals surface area (Å²) in [6.07, 6.45) is 12.8. The number of pyridine rings is 1. The van der Waals surface area contributed by atoms with Gasteiger partial charge in [0.15, 0.2) is 0 Å². The van der Waals surface area contributed by atoms with Gasteiger partial charge in [-0.25, -0.2) is 4.68 Å². The molecule has 10 heteroatoms. The first-order valence-corrected chi connectivity index (χ1v) is 16.9. The van der Waals surface area contributed by atoms with Gasteiger partial charge < -0.3 is 10.6 Å². The van der Waals surface area contributed by atoms with Gasteiger partial charge in [0.1, 0.15) is 11.8 Å². The molecule has 1 unspecified atom stereocenters. The Hall–Kier alpha value is -3.38. The zero-order chi connectivity index (χ0) is 31.6. The summed E-state index contributed by atoms with van der Waals surface area (Å²) >= 11 is 13.2. The fourth-order valence-electron chi connectivity index (χ4n) is 6.76. The van der Waals surface area contributed by atoms with Crippen LogP contribution in [0.5, 0.6) is 0 Å². The number of fused-ring (bicyclic) bond motifs is 1. The molecule has 2 aliphatic rings. The van der Waals surface area contributed by atoms with E-state index in [1.54, 1.807) is 6.20 Å². The van der Waals surface area contributed by atoms with Gasteiger partial charge in [0.2, 0.25) is 0 Å². The average molecular weight is 646 g/mol. The lowest BCUT2D eigenvalue weighted by Gasteiger charge is -2.40. The van der Waals surface area contributed by atoms with E-state index in [0.29, 0.717) is 33.2 Å². The molecule has 0 bridgehead atoms. The summed E-state index contributed by atoms with van der Waals surface area (Å²) in [4.78, 5) is 7.12. The molecule has 1 atom stereocenters. The van der Waals surface area contributed by atoms with Gasteiger partial charge in [0, 0.05) is 47.0 Å². The van der Waals surface area contributed by atoms with Crippen LogP contribution >= 0.6 is 23.2 Å². The minimum atomic E-state index is -0.301. The Balaban J connectivity index is 1.33. The molecule has 0 spiro atoms. The van der Waals surface area contributed by atoms with Crippen molar-refractivity contribution in [2.45, 2.75) is 95.8 Å². The molecule has 8 nitrogen and oxygen atoms in total. The van der Waals surface area contributed by atoms with Crippen LogP contribution in [0.25, 0.3) is 10.9 Å². The topological polar surface area (TPSA) is 94.7 Å². The van der Waals surface area contributed by atoms with Crippen LogP contribution in [0, 0.1) is 11.3 Å². The number of aromatic nitrogens is 4. The Morgan fingerprint density at radius 2 is 1.69 bits per heavy atom. The van der Waals surface area contributed by atoms with Crippen molar-refractivity contribution in [2.75, 3.05) is 23.7 Å². The molecule has 4 aromatic rings. The molecular weight excluding hydrogens is 603 g/mol. The van der Waals surface area contributed by atoms with Crippen molar-refractivity contribution in [1.29, 1.82) is 5.26 Å². The Morgan fingerprint density at radius 3 is 2.36 bits per heavy atom. The Morgan fingerprint density at radius 1 is 0.978 bits per heavy atom. The van der Waals surface area contributed by atoms with Crippen LogP contribution in [0.1, 0.15) is 101 Å². The number of nitrogens with one attached hydrogen (secondary N) is 2. The SMILES string of the molecule is CC(C)(C)N1CCC(n2cc(C(Nc3cc(Cl)c4ncc(C#N)c(NC5CCCCCC5)c4c3)c3ccc(Cl)cc3)nn2)CC1. The molecule has 1 saturated carbocycles. The number of hydrogen-bond donors (Lipinski definition) is 2. The van der Waals surface area contributed by atoms with Crippen LogP contribution in [0.15, 0.2) is 48.8 Å². The van der Waals surface area contributed by atoms with Crippen molar-refractivity contribution >= 4 is 45.5 Å². The zero-order valence-electron chi connectivity index (χ0n) is 26.4. The van der Waals surface area contributed by atoms with Gasteiger partial charge in [0.25, 0.3) is 0 Å². The highest BCUT2D eigenvalue weighted by Crippen LogP contribution is 2.37. The van der Waals surface area contributed by atoms with E-state index in [9.17, 15) is 5.26 Å². The van der Waals surface area contributed by atoms with Crippen molar-refractivity contribution in [2.24, 2.45) is 0 Å². The molecule has 236 valence electrons. The molecule has 2 N–H and O–H groups in total. The van der Waals surface area contributed by atoms with E-state index in [0.717, 1.165) is 66.8 Å². The van der Waals surface area contributed by atoms with Crippen molar-refractivity contribution in [3.63, 3.8) is 0 Å². The summed E-state index contributed by atoms with van der Waals surface area (Å²) in [5.41, 5.74) is 4.79. The number of nitrogens with zero attached hydrogens (tertiary/aromatic N) is 6. The summed E-state index contributed by atoms with van der Waals surface area (Å²) in [6, 6.07) is 14.4. The second-order valence-electron chi connectivity index (χ2n) is 13.5. The summed E-state index contributed by atoms with van der Waals surface area (Å²) < 4.78 is 2.03. The molecule has 2 aromatic heterocycles. The molecule has 1 aliphatic carbocycles. The average Bonchev–Trinajstić information content (AvgIpc) is 3.37. The smallest absolute Gasteiger partial charge is 0.109 e. The van der Waals surface area contributed by atoms with Crippen LogP contribution in [-0.4, -0.2) is 49.5 Å². The van der Waals surface area contributed by atoms with Crippen molar-refractivity contribution in [1.82, 2.24) is 24.9 Å². The molecule has 1 saturated heterocycles. The minimum absolute atomic E-state index is 0.165. The number of likely N-dealkylation sites (tertiary alicyclic amines) is 1. The van der Waals surface area contributed by atoms with Crippen LogP contribution in [0.3, 0.4) is 0 Å². The van der Waals surface area contributed by atoms with Gasteiger partial charge in [0.05, 0.1) is 40.1 Å². The lowest BCUT2D eigenvalue weighted by atomic mass is 9.98. The third-order valence-corrected chi connectivity index (χ3v) is 9.91. The number of nitriles is 1. The molecule has 0 radical (unpaired) electrons. The number of piperidine rings is 1. The maximum absolute atomic E-state index is 10.0. The van der Waals surface area contributed by atoms with Gasteiger partial charge in [-0.1, -0.05) is 66.2 Å². The Labute approximate surface area is 276 Å². The first-order chi connectivity index (χ1) is 21.7. The van der Waals surface area contributed by atoms with E-state index < -0.39 is 0 Å². The highest BCUT2D eigenvalue weighted by atomic mass is 35.5. The number of benzene rings is 2. The second kappa shape index (κ2) is 13.5. The molecule has 3 heterocycles. The minimum Gasteiger partial charge on any atom is -0.381 e. The first kappa shape index (κ1) is 31.6. The number of rotatable bonds is 7. The highest BCUT2D eigenvalue weighted by Gasteiger charge is 2.29. The van der Waals surface area contributed by atoms with Crippen LogP contribution in [-0.2, 0) is 0 Å². The highest BCUT2D eigenvalue weighted by molar-refractivity contribution is 6.36. The van der Waals surface area contributed by atoms with Gasteiger partial charge >= 0.3 is 0 Å². The second-order valence-corrected chi connectivity index (χ2v) is 14.3. The van der Waals surface area contributed by atoms with E-state index in [1.165, 1.54) is 25.7 Å². The molecule has 1 aliphatic heterocycles. The third-order valence-electron chi connectivity index (χ3n) is 9.37. The van der Waals surface area contributed by atoms with Gasteiger partial charge in [-0.3, -0.25) is 9.88 Å². The molecule has 45 heavy (non-hydrogen) atoms. The lowest BCUT2D eigenvalue weighted by Crippen LogP contribution is -2.46. The largest absolute Gasteiger partial charge is 0.381 e. The van der Waals surface area contributed by atoms with Crippen LogP contribution in [0.2, 0.25) is 10.0 Å². The molecule has 2 aromatic carbocycles. The molecule has 2 fully saturated rings. The Kier molecular flexibility index (Phi) is 9.51. The van der Waals surface area contributed by atoms with E-state index in [2.05, 4.69) is 63.9 Å². The standard InChI is InChI=1S/C35H42Cl2N8/c1-35(2,3)44-16-14-28(15-17-44)45-22-31(42-43-45)33(23-10-12-25(36)13-11-23)41-27-18-29-32(40-26-8-6-4-5-7-9-26)24(20-38)21-39-34(29)30(37)19-27/h10-13,18-19,21-22,26,28,33,41H,4-9,14-17H2,1-3H3,(H,39,40). The predicted molar refractivity (Wildman–Crippen MR) is 183 cm³/mol. The number of anilines is 2. The quantitative estimate of drug-likeness (QED) is 0.194. The number of hydrogen-bond acceptors (Lipinski definition) is 7. The Bertz CT molecular complexity index is 1650. The normalized spacial score (nSPS) is 18.0. The fraction of sp³-hybridized carbons (Fsp3) is 0.486. The van der Waals surface area contributed by atoms with Gasteiger partial charge in [-0.2, -0.15) is 5.26 Å². The molecule has 0 amide bonds. The predicted octanol–water partition coefficient (Wildman–Crippen LogP) is 8.78. The summed E-state index contributed by atoms with van der Waals surface area (Å²) in [5, 5.41) is 28.7.